The number of hydrogen-bond acceptors (Lipinski definition) is 3. The average molecular weight is 309 g/mol. The number of benzene rings is 2. The molecule has 0 unspecified atom stereocenters. The summed E-state index contributed by atoms with van der Waals surface area (Å²) in [6, 6.07) is 14.0. The van der Waals surface area contributed by atoms with Crippen molar-refractivity contribution in [2.75, 3.05) is 4.90 Å². The zero-order valence-corrected chi connectivity index (χ0v) is 13.3. The van der Waals surface area contributed by atoms with Crippen molar-refractivity contribution < 1.29 is 14.3 Å². The zero-order chi connectivity index (χ0) is 16.4. The Kier molecular flexibility index (Phi) is 4.15. The highest BCUT2D eigenvalue weighted by molar-refractivity contribution is 6.34. The number of carbonyl (C=O) groups excluding carboxylic acids is 2. The quantitative estimate of drug-likeness (QED) is 0.783. The molecule has 3 rings (SSSR count). The molecule has 4 nitrogen and oxygen atoms in total. The van der Waals surface area contributed by atoms with E-state index in [0.29, 0.717) is 16.8 Å². The van der Waals surface area contributed by atoms with Crippen molar-refractivity contribution in [3.63, 3.8) is 0 Å². The molecule has 0 aromatic heterocycles. The maximum Gasteiger partial charge on any atom is 0.266 e. The van der Waals surface area contributed by atoms with Gasteiger partial charge in [0.15, 0.2) is 0 Å². The van der Waals surface area contributed by atoms with Gasteiger partial charge in [0, 0.05) is 0 Å². The van der Waals surface area contributed by atoms with Crippen LogP contribution in [-0.2, 0) is 0 Å². The maximum atomic E-state index is 12.4. The zero-order valence-electron chi connectivity index (χ0n) is 13.3. The summed E-state index contributed by atoms with van der Waals surface area (Å²) in [5.41, 5.74) is 1.47. The first-order chi connectivity index (χ1) is 11.2. The number of amides is 2. The largest absolute Gasteiger partial charge is 0.490 e. The molecule has 118 valence electrons. The van der Waals surface area contributed by atoms with Gasteiger partial charge < -0.3 is 4.74 Å². The standard InChI is InChI=1S/C19H19NO3/c1-3-14(4-2)23-15-11-9-13(10-12-15)20-18(21)16-7-5-6-8-17(16)19(20)22/h5-12,14H,3-4H2,1-2H3. The summed E-state index contributed by atoms with van der Waals surface area (Å²) >= 11 is 0. The van der Waals surface area contributed by atoms with Gasteiger partial charge in [-0.1, -0.05) is 26.0 Å². The fraction of sp³-hybridized carbons (Fsp3) is 0.263. The van der Waals surface area contributed by atoms with Crippen molar-refractivity contribution in [1.82, 2.24) is 0 Å². The minimum Gasteiger partial charge on any atom is -0.490 e. The van der Waals surface area contributed by atoms with Gasteiger partial charge in [-0.15, -0.1) is 0 Å². The molecular weight excluding hydrogens is 290 g/mol. The third kappa shape index (κ3) is 2.72. The van der Waals surface area contributed by atoms with Gasteiger partial charge in [-0.05, 0) is 49.2 Å². The molecule has 0 spiro atoms. The van der Waals surface area contributed by atoms with Crippen LogP contribution in [0.5, 0.6) is 5.75 Å². The lowest BCUT2D eigenvalue weighted by Crippen LogP contribution is -2.29. The Morgan fingerprint density at radius 1 is 0.870 bits per heavy atom. The molecule has 0 N–H and O–H groups in total. The summed E-state index contributed by atoms with van der Waals surface area (Å²) in [7, 11) is 0. The number of imide groups is 1. The van der Waals surface area contributed by atoms with E-state index in [4.69, 9.17) is 4.74 Å². The molecule has 23 heavy (non-hydrogen) atoms. The smallest absolute Gasteiger partial charge is 0.266 e. The summed E-state index contributed by atoms with van der Waals surface area (Å²) in [5, 5.41) is 0. The summed E-state index contributed by atoms with van der Waals surface area (Å²) in [4.78, 5) is 26.1. The first-order valence-electron chi connectivity index (χ1n) is 7.90. The third-order valence-corrected chi connectivity index (χ3v) is 4.10. The predicted octanol–water partition coefficient (Wildman–Crippen LogP) is 4.05. The molecule has 1 heterocycles. The molecule has 0 radical (unpaired) electrons. The predicted molar refractivity (Wildman–Crippen MR) is 89.0 cm³/mol. The lowest BCUT2D eigenvalue weighted by molar-refractivity contribution is 0.0926. The molecule has 2 aromatic rings. The van der Waals surface area contributed by atoms with Gasteiger partial charge in [0.25, 0.3) is 11.8 Å². The van der Waals surface area contributed by atoms with Crippen LogP contribution in [0, 0.1) is 0 Å². The fourth-order valence-corrected chi connectivity index (χ4v) is 2.75. The van der Waals surface area contributed by atoms with Crippen LogP contribution in [0.25, 0.3) is 0 Å². The van der Waals surface area contributed by atoms with E-state index < -0.39 is 0 Å². The first kappa shape index (κ1) is 15.3. The van der Waals surface area contributed by atoms with E-state index in [-0.39, 0.29) is 17.9 Å². The molecule has 2 amide bonds. The molecule has 0 aliphatic carbocycles. The Hall–Kier alpha value is -2.62. The number of hydrogen-bond donors (Lipinski definition) is 0. The average Bonchev–Trinajstić information content (AvgIpc) is 2.85. The highest BCUT2D eigenvalue weighted by Gasteiger charge is 2.36. The Morgan fingerprint density at radius 2 is 1.39 bits per heavy atom. The van der Waals surface area contributed by atoms with E-state index in [2.05, 4.69) is 13.8 Å². The van der Waals surface area contributed by atoms with Crippen molar-refractivity contribution in [3.8, 4) is 5.75 Å². The Labute approximate surface area is 135 Å². The lowest BCUT2D eigenvalue weighted by Gasteiger charge is -2.17. The second kappa shape index (κ2) is 6.24. The number of ether oxygens (including phenoxy) is 1. The Morgan fingerprint density at radius 3 is 1.87 bits per heavy atom. The van der Waals surface area contributed by atoms with Crippen LogP contribution in [0.15, 0.2) is 48.5 Å². The molecular formula is C19H19NO3. The van der Waals surface area contributed by atoms with Gasteiger partial charge in [0.05, 0.1) is 22.9 Å². The second-order valence-corrected chi connectivity index (χ2v) is 5.54. The van der Waals surface area contributed by atoms with E-state index in [0.717, 1.165) is 18.6 Å². The van der Waals surface area contributed by atoms with Crippen LogP contribution in [0.2, 0.25) is 0 Å². The lowest BCUT2D eigenvalue weighted by atomic mass is 10.1. The molecule has 0 saturated heterocycles. The van der Waals surface area contributed by atoms with Crippen LogP contribution in [0.3, 0.4) is 0 Å². The fourth-order valence-electron chi connectivity index (χ4n) is 2.75. The number of fused-ring (bicyclic) bond motifs is 1. The van der Waals surface area contributed by atoms with Crippen molar-refractivity contribution in [1.29, 1.82) is 0 Å². The van der Waals surface area contributed by atoms with Crippen molar-refractivity contribution in [3.05, 3.63) is 59.7 Å². The van der Waals surface area contributed by atoms with E-state index in [1.54, 1.807) is 48.5 Å². The molecule has 0 atom stereocenters. The molecule has 1 aliphatic heterocycles. The molecule has 4 heteroatoms. The van der Waals surface area contributed by atoms with E-state index in [1.807, 2.05) is 0 Å². The summed E-state index contributed by atoms with van der Waals surface area (Å²) in [5.74, 6) is 0.192. The molecule has 0 bridgehead atoms. The van der Waals surface area contributed by atoms with Crippen LogP contribution in [0.1, 0.15) is 47.4 Å². The summed E-state index contributed by atoms with van der Waals surface area (Å²) in [6.45, 7) is 4.17. The number of rotatable bonds is 5. The van der Waals surface area contributed by atoms with Crippen molar-refractivity contribution >= 4 is 17.5 Å². The monoisotopic (exact) mass is 309 g/mol. The van der Waals surface area contributed by atoms with Crippen molar-refractivity contribution in [2.24, 2.45) is 0 Å². The van der Waals surface area contributed by atoms with Gasteiger partial charge in [-0.2, -0.15) is 0 Å². The minimum atomic E-state index is -0.278. The Balaban J connectivity index is 1.84. The van der Waals surface area contributed by atoms with Gasteiger partial charge in [0.2, 0.25) is 0 Å². The summed E-state index contributed by atoms with van der Waals surface area (Å²) in [6.07, 6.45) is 2.06. The van der Waals surface area contributed by atoms with Crippen LogP contribution in [0.4, 0.5) is 5.69 Å². The van der Waals surface area contributed by atoms with E-state index >= 15 is 0 Å². The topological polar surface area (TPSA) is 46.6 Å². The van der Waals surface area contributed by atoms with Crippen molar-refractivity contribution in [2.45, 2.75) is 32.8 Å². The normalized spacial score (nSPS) is 13.6. The van der Waals surface area contributed by atoms with Gasteiger partial charge in [0.1, 0.15) is 5.75 Å². The molecule has 2 aromatic carbocycles. The number of carbonyl (C=O) groups is 2. The highest BCUT2D eigenvalue weighted by Crippen LogP contribution is 2.29. The first-order valence-corrected chi connectivity index (χ1v) is 7.90. The minimum absolute atomic E-state index is 0.181. The Bertz CT molecular complexity index is 698. The van der Waals surface area contributed by atoms with Crippen LogP contribution in [-0.4, -0.2) is 17.9 Å². The number of anilines is 1. The van der Waals surface area contributed by atoms with Gasteiger partial charge in [-0.25, -0.2) is 4.90 Å². The van der Waals surface area contributed by atoms with E-state index in [9.17, 15) is 9.59 Å². The van der Waals surface area contributed by atoms with Crippen LogP contribution >= 0.6 is 0 Å². The maximum absolute atomic E-state index is 12.4. The third-order valence-electron chi connectivity index (χ3n) is 4.10. The summed E-state index contributed by atoms with van der Waals surface area (Å²) < 4.78 is 5.86. The van der Waals surface area contributed by atoms with Gasteiger partial charge >= 0.3 is 0 Å². The van der Waals surface area contributed by atoms with Crippen LogP contribution < -0.4 is 9.64 Å². The SMILES string of the molecule is CCC(CC)Oc1ccc(N2C(=O)c3ccccc3C2=O)cc1. The molecule has 0 saturated carbocycles. The van der Waals surface area contributed by atoms with Gasteiger partial charge in [-0.3, -0.25) is 9.59 Å². The van der Waals surface area contributed by atoms with E-state index in [1.165, 1.54) is 4.90 Å². The molecule has 0 fully saturated rings. The second-order valence-electron chi connectivity index (χ2n) is 5.54. The molecule has 1 aliphatic rings. The number of nitrogens with zero attached hydrogens (tertiary/aromatic N) is 1. The highest BCUT2D eigenvalue weighted by atomic mass is 16.5.